The van der Waals surface area contributed by atoms with Gasteiger partial charge in [0.05, 0.1) is 17.8 Å². The molecule has 0 saturated carbocycles. The van der Waals surface area contributed by atoms with Gasteiger partial charge in [-0.3, -0.25) is 9.78 Å². The van der Waals surface area contributed by atoms with Gasteiger partial charge >= 0.3 is 5.97 Å². The first-order chi connectivity index (χ1) is 6.00. The van der Waals surface area contributed by atoms with Gasteiger partial charge in [0.25, 0.3) is 0 Å². The Morgan fingerprint density at radius 1 is 1.54 bits per heavy atom. The number of rotatable bonds is 2. The van der Waals surface area contributed by atoms with Crippen LogP contribution in [0.2, 0.25) is 0 Å². The first-order valence-corrected chi connectivity index (χ1v) is 5.12. The largest absolute Gasteiger partial charge is 0.481 e. The number of pyridine rings is 1. The molecule has 0 unspecified atom stereocenters. The number of carboxylic acid groups (broad SMARTS) is 1. The van der Waals surface area contributed by atoms with E-state index >= 15 is 0 Å². The molecule has 1 rings (SSSR count). The molecule has 0 atom stereocenters. The van der Waals surface area contributed by atoms with Crippen LogP contribution < -0.4 is 0 Å². The van der Waals surface area contributed by atoms with Crippen molar-refractivity contribution in [3.8, 4) is 0 Å². The topological polar surface area (TPSA) is 50.2 Å². The van der Waals surface area contributed by atoms with E-state index in [2.05, 4.69) is 36.8 Å². The Bertz CT molecular complexity index is 352. The maximum absolute atomic E-state index is 10.4. The third-order valence-corrected chi connectivity index (χ3v) is 2.99. The van der Waals surface area contributed by atoms with Crippen molar-refractivity contribution in [3.63, 3.8) is 0 Å². The summed E-state index contributed by atoms with van der Waals surface area (Å²) in [5.41, 5.74) is 1.34. The Morgan fingerprint density at radius 2 is 2.15 bits per heavy atom. The van der Waals surface area contributed by atoms with Crippen LogP contribution in [0, 0.1) is 6.92 Å². The molecular formula is C8H7Br2NO2. The second-order valence-electron chi connectivity index (χ2n) is 2.55. The van der Waals surface area contributed by atoms with Crippen LogP contribution in [0.15, 0.2) is 15.0 Å². The molecule has 0 radical (unpaired) electrons. The molecule has 5 heteroatoms. The molecule has 1 aromatic rings. The lowest BCUT2D eigenvalue weighted by molar-refractivity contribution is -0.136. The third-order valence-electron chi connectivity index (χ3n) is 1.50. The smallest absolute Gasteiger partial charge is 0.309 e. The van der Waals surface area contributed by atoms with Gasteiger partial charge in [0.2, 0.25) is 0 Å². The van der Waals surface area contributed by atoms with Crippen molar-refractivity contribution >= 4 is 37.8 Å². The molecule has 0 amide bonds. The van der Waals surface area contributed by atoms with Gasteiger partial charge in [-0.25, -0.2) is 0 Å². The predicted octanol–water partition coefficient (Wildman–Crippen LogP) is 2.54. The molecule has 0 aliphatic heterocycles. The molecule has 1 N–H and O–H groups in total. The fourth-order valence-electron chi connectivity index (χ4n) is 0.875. The van der Waals surface area contributed by atoms with E-state index in [9.17, 15) is 4.79 Å². The van der Waals surface area contributed by atoms with E-state index in [0.29, 0.717) is 10.2 Å². The minimum absolute atomic E-state index is 0.0608. The molecule has 1 heterocycles. The molecule has 0 spiro atoms. The fourth-order valence-corrected chi connectivity index (χ4v) is 1.96. The Labute approximate surface area is 92.4 Å². The number of hydrogen-bond donors (Lipinski definition) is 1. The highest BCUT2D eigenvalue weighted by atomic mass is 79.9. The van der Waals surface area contributed by atoms with Gasteiger partial charge in [0, 0.05) is 8.95 Å². The standard InChI is InChI=1S/C8H7Br2NO2/c1-4-5(9)2-6(10)7(11-4)3-8(12)13/h2H,3H2,1H3,(H,12,13). The van der Waals surface area contributed by atoms with Crippen LogP contribution in [0.25, 0.3) is 0 Å². The Kier molecular flexibility index (Phi) is 3.44. The number of carboxylic acids is 1. The molecule has 0 aliphatic rings. The molecule has 0 aliphatic carbocycles. The van der Waals surface area contributed by atoms with Crippen molar-refractivity contribution in [2.45, 2.75) is 13.3 Å². The fraction of sp³-hybridized carbons (Fsp3) is 0.250. The number of carbonyl (C=O) groups is 1. The SMILES string of the molecule is Cc1nc(CC(=O)O)c(Br)cc1Br. The molecule has 0 fully saturated rings. The van der Waals surface area contributed by atoms with Crippen LogP contribution in [-0.2, 0) is 11.2 Å². The summed E-state index contributed by atoms with van der Waals surface area (Å²) in [5, 5.41) is 8.58. The Hall–Kier alpha value is -0.420. The monoisotopic (exact) mass is 307 g/mol. The van der Waals surface area contributed by atoms with E-state index in [4.69, 9.17) is 5.11 Å². The van der Waals surface area contributed by atoms with E-state index < -0.39 is 5.97 Å². The van der Waals surface area contributed by atoms with E-state index in [0.717, 1.165) is 10.2 Å². The summed E-state index contributed by atoms with van der Waals surface area (Å²) in [5.74, 6) is -0.880. The molecule has 13 heavy (non-hydrogen) atoms. The molecule has 0 bridgehead atoms. The normalized spacial score (nSPS) is 10.1. The highest BCUT2D eigenvalue weighted by Gasteiger charge is 2.08. The van der Waals surface area contributed by atoms with E-state index in [1.165, 1.54) is 0 Å². The lowest BCUT2D eigenvalue weighted by atomic mass is 10.2. The van der Waals surface area contributed by atoms with Crippen LogP contribution in [0.4, 0.5) is 0 Å². The highest BCUT2D eigenvalue weighted by Crippen LogP contribution is 2.23. The van der Waals surface area contributed by atoms with Crippen LogP contribution in [0.3, 0.4) is 0 Å². The first kappa shape index (κ1) is 10.7. The van der Waals surface area contributed by atoms with Crippen LogP contribution in [0.5, 0.6) is 0 Å². The zero-order chi connectivity index (χ0) is 10.0. The molecule has 70 valence electrons. The second-order valence-corrected chi connectivity index (χ2v) is 4.26. The molecule has 1 aromatic heterocycles. The number of aliphatic carboxylic acids is 1. The lowest BCUT2D eigenvalue weighted by Crippen LogP contribution is -2.04. The average molecular weight is 309 g/mol. The van der Waals surface area contributed by atoms with E-state index in [1.807, 2.05) is 6.92 Å². The quantitative estimate of drug-likeness (QED) is 0.913. The van der Waals surface area contributed by atoms with E-state index in [-0.39, 0.29) is 6.42 Å². The number of nitrogens with zero attached hydrogens (tertiary/aromatic N) is 1. The van der Waals surface area contributed by atoms with Gasteiger partial charge in [0.15, 0.2) is 0 Å². The van der Waals surface area contributed by atoms with Crippen molar-refractivity contribution in [3.05, 3.63) is 26.4 Å². The number of aryl methyl sites for hydroxylation is 1. The maximum atomic E-state index is 10.4. The zero-order valence-corrected chi connectivity index (χ0v) is 10.0. The number of hydrogen-bond acceptors (Lipinski definition) is 2. The first-order valence-electron chi connectivity index (χ1n) is 3.54. The van der Waals surface area contributed by atoms with Crippen LogP contribution in [-0.4, -0.2) is 16.1 Å². The summed E-state index contributed by atoms with van der Waals surface area (Å²) >= 11 is 6.56. The summed E-state index contributed by atoms with van der Waals surface area (Å²) in [6, 6.07) is 1.81. The van der Waals surface area contributed by atoms with Crippen molar-refractivity contribution in [1.29, 1.82) is 0 Å². The summed E-state index contributed by atoms with van der Waals surface area (Å²) < 4.78 is 1.58. The van der Waals surface area contributed by atoms with Gasteiger partial charge in [-0.05, 0) is 44.8 Å². The highest BCUT2D eigenvalue weighted by molar-refractivity contribution is 9.11. The van der Waals surface area contributed by atoms with Crippen molar-refractivity contribution in [1.82, 2.24) is 4.98 Å². The zero-order valence-electron chi connectivity index (χ0n) is 6.84. The third kappa shape index (κ3) is 2.77. The maximum Gasteiger partial charge on any atom is 0.309 e. The summed E-state index contributed by atoms with van der Waals surface area (Å²) in [4.78, 5) is 14.6. The van der Waals surface area contributed by atoms with Crippen LogP contribution >= 0.6 is 31.9 Å². The molecule has 3 nitrogen and oxygen atoms in total. The minimum atomic E-state index is -0.880. The van der Waals surface area contributed by atoms with Gasteiger partial charge in [-0.1, -0.05) is 0 Å². The van der Waals surface area contributed by atoms with Crippen molar-refractivity contribution in [2.75, 3.05) is 0 Å². The van der Waals surface area contributed by atoms with Crippen LogP contribution in [0.1, 0.15) is 11.4 Å². The molecular weight excluding hydrogens is 302 g/mol. The average Bonchev–Trinajstić information content (AvgIpc) is 1.99. The summed E-state index contributed by atoms with van der Waals surface area (Å²) in [6.45, 7) is 1.82. The van der Waals surface area contributed by atoms with Gasteiger partial charge in [-0.2, -0.15) is 0 Å². The van der Waals surface area contributed by atoms with Gasteiger partial charge in [0.1, 0.15) is 0 Å². The van der Waals surface area contributed by atoms with E-state index in [1.54, 1.807) is 6.07 Å². The van der Waals surface area contributed by atoms with Gasteiger partial charge < -0.3 is 5.11 Å². The predicted molar refractivity (Wildman–Crippen MR) is 55.7 cm³/mol. The Morgan fingerprint density at radius 3 is 2.69 bits per heavy atom. The lowest BCUT2D eigenvalue weighted by Gasteiger charge is -2.03. The molecule has 0 saturated heterocycles. The van der Waals surface area contributed by atoms with Crippen molar-refractivity contribution < 1.29 is 9.90 Å². The molecule has 0 aromatic carbocycles. The Balaban J connectivity index is 3.08. The van der Waals surface area contributed by atoms with Gasteiger partial charge in [-0.15, -0.1) is 0 Å². The second kappa shape index (κ2) is 4.19. The summed E-state index contributed by atoms with van der Waals surface area (Å²) in [6.07, 6.45) is -0.0608. The minimum Gasteiger partial charge on any atom is -0.481 e. The number of aromatic nitrogens is 1. The summed E-state index contributed by atoms with van der Waals surface area (Å²) in [7, 11) is 0. The van der Waals surface area contributed by atoms with Crippen molar-refractivity contribution in [2.24, 2.45) is 0 Å². The number of halogens is 2.